The summed E-state index contributed by atoms with van der Waals surface area (Å²) in [7, 11) is 0. The maximum Gasteiger partial charge on any atom is 0.258 e. The zero-order valence-electron chi connectivity index (χ0n) is 11.6. The van der Waals surface area contributed by atoms with Gasteiger partial charge in [-0.3, -0.25) is 4.79 Å². The topological polar surface area (TPSA) is 47.6 Å². The second kappa shape index (κ2) is 8.32. The van der Waals surface area contributed by atoms with Gasteiger partial charge in [-0.2, -0.15) is 0 Å². The van der Waals surface area contributed by atoms with Gasteiger partial charge < -0.3 is 14.8 Å². The summed E-state index contributed by atoms with van der Waals surface area (Å²) in [4.78, 5) is 11.5. The van der Waals surface area contributed by atoms with Crippen molar-refractivity contribution in [1.82, 2.24) is 5.32 Å². The maximum atomic E-state index is 11.5. The van der Waals surface area contributed by atoms with E-state index in [-0.39, 0.29) is 12.5 Å². The molecule has 1 rings (SSSR count). The fraction of sp³-hybridized carbons (Fsp3) is 0.400. The van der Waals surface area contributed by atoms with Crippen molar-refractivity contribution in [2.75, 3.05) is 26.4 Å². The van der Waals surface area contributed by atoms with Crippen LogP contribution in [0.1, 0.15) is 12.5 Å². The highest BCUT2D eigenvalue weighted by atomic mass is 16.5. The highest BCUT2D eigenvalue weighted by molar-refractivity contribution is 5.77. The van der Waals surface area contributed by atoms with Crippen LogP contribution in [0.25, 0.3) is 0 Å². The maximum absolute atomic E-state index is 11.5. The number of para-hydroxylation sites is 1. The Morgan fingerprint density at radius 3 is 2.74 bits per heavy atom. The van der Waals surface area contributed by atoms with Gasteiger partial charge in [-0.1, -0.05) is 30.4 Å². The Morgan fingerprint density at radius 1 is 1.32 bits per heavy atom. The molecule has 4 heteroatoms. The van der Waals surface area contributed by atoms with E-state index >= 15 is 0 Å². The third-order valence-corrected chi connectivity index (χ3v) is 2.37. The number of amides is 1. The number of carbonyl (C=O) groups excluding carboxylic acids is 1. The molecule has 0 aromatic heterocycles. The molecule has 1 N–H and O–H groups in total. The van der Waals surface area contributed by atoms with Gasteiger partial charge >= 0.3 is 0 Å². The highest BCUT2D eigenvalue weighted by Gasteiger charge is 2.03. The number of carbonyl (C=O) groups is 1. The van der Waals surface area contributed by atoms with Gasteiger partial charge in [0.2, 0.25) is 0 Å². The monoisotopic (exact) mass is 263 g/mol. The Labute approximate surface area is 114 Å². The lowest BCUT2D eigenvalue weighted by Gasteiger charge is -2.09. The van der Waals surface area contributed by atoms with Crippen LogP contribution in [0.5, 0.6) is 5.75 Å². The van der Waals surface area contributed by atoms with Gasteiger partial charge in [0.15, 0.2) is 6.61 Å². The summed E-state index contributed by atoms with van der Waals surface area (Å²) in [5.41, 5.74) is 1.98. The molecular formula is C15H21NO3. The molecular weight excluding hydrogens is 242 g/mol. The third kappa shape index (κ3) is 6.62. The minimum absolute atomic E-state index is 0.0192. The van der Waals surface area contributed by atoms with Crippen LogP contribution < -0.4 is 10.1 Å². The molecule has 0 fully saturated rings. The average Bonchev–Trinajstić information content (AvgIpc) is 2.37. The van der Waals surface area contributed by atoms with Crippen LogP contribution in [-0.2, 0) is 9.53 Å². The third-order valence-electron chi connectivity index (χ3n) is 2.37. The fourth-order valence-electron chi connectivity index (χ4n) is 1.42. The van der Waals surface area contributed by atoms with E-state index in [0.29, 0.717) is 19.8 Å². The number of ether oxygens (including phenoxy) is 2. The van der Waals surface area contributed by atoms with Gasteiger partial charge in [0.25, 0.3) is 5.91 Å². The van der Waals surface area contributed by atoms with E-state index in [4.69, 9.17) is 9.47 Å². The molecule has 0 bridgehead atoms. The standard InChI is InChI=1S/C15H21NO3/c1-12(2)10-18-9-8-16-15(17)11-19-14-7-5-4-6-13(14)3/h4-7H,1,8-11H2,2-3H3,(H,16,17). The van der Waals surface area contributed by atoms with Crippen LogP contribution in [0.15, 0.2) is 36.4 Å². The van der Waals surface area contributed by atoms with Gasteiger partial charge in [-0.05, 0) is 25.5 Å². The van der Waals surface area contributed by atoms with Gasteiger partial charge in [0.05, 0.1) is 13.2 Å². The van der Waals surface area contributed by atoms with Gasteiger partial charge in [0.1, 0.15) is 5.75 Å². The summed E-state index contributed by atoms with van der Waals surface area (Å²) in [6.45, 7) is 9.06. The normalized spacial score (nSPS) is 10.0. The molecule has 104 valence electrons. The van der Waals surface area contributed by atoms with Gasteiger partial charge in [0, 0.05) is 6.54 Å². The molecule has 0 aliphatic rings. The lowest BCUT2D eigenvalue weighted by Crippen LogP contribution is -2.31. The summed E-state index contributed by atoms with van der Waals surface area (Å²) in [5.74, 6) is 0.582. The van der Waals surface area contributed by atoms with Crippen LogP contribution in [0, 0.1) is 6.92 Å². The molecule has 1 aromatic carbocycles. The second-order valence-corrected chi connectivity index (χ2v) is 4.41. The highest BCUT2D eigenvalue weighted by Crippen LogP contribution is 2.15. The van der Waals surface area contributed by atoms with E-state index in [1.165, 1.54) is 0 Å². The van der Waals surface area contributed by atoms with Gasteiger partial charge in [-0.25, -0.2) is 0 Å². The summed E-state index contributed by atoms with van der Waals surface area (Å²) in [6, 6.07) is 7.60. The molecule has 4 nitrogen and oxygen atoms in total. The van der Waals surface area contributed by atoms with Crippen molar-refractivity contribution in [2.45, 2.75) is 13.8 Å². The molecule has 0 radical (unpaired) electrons. The number of benzene rings is 1. The molecule has 0 atom stereocenters. The molecule has 0 spiro atoms. The molecule has 0 aliphatic carbocycles. The van der Waals surface area contributed by atoms with Crippen LogP contribution in [0.2, 0.25) is 0 Å². The molecule has 1 amide bonds. The predicted molar refractivity (Wildman–Crippen MR) is 75.3 cm³/mol. The lowest BCUT2D eigenvalue weighted by molar-refractivity contribution is -0.123. The second-order valence-electron chi connectivity index (χ2n) is 4.41. The van der Waals surface area contributed by atoms with E-state index in [2.05, 4.69) is 11.9 Å². The van der Waals surface area contributed by atoms with Crippen molar-refractivity contribution in [2.24, 2.45) is 0 Å². The zero-order chi connectivity index (χ0) is 14.1. The number of rotatable bonds is 8. The minimum atomic E-state index is -0.151. The molecule has 0 saturated carbocycles. The summed E-state index contributed by atoms with van der Waals surface area (Å²) < 4.78 is 10.7. The van der Waals surface area contributed by atoms with Crippen molar-refractivity contribution < 1.29 is 14.3 Å². The Kier molecular flexibility index (Phi) is 6.68. The van der Waals surface area contributed by atoms with E-state index in [1.807, 2.05) is 38.1 Å². The van der Waals surface area contributed by atoms with Crippen LogP contribution in [-0.4, -0.2) is 32.3 Å². The fourth-order valence-corrected chi connectivity index (χ4v) is 1.42. The predicted octanol–water partition coefficient (Wildman–Crippen LogP) is 2.08. The van der Waals surface area contributed by atoms with Gasteiger partial charge in [-0.15, -0.1) is 0 Å². The number of aryl methyl sites for hydroxylation is 1. The van der Waals surface area contributed by atoms with Crippen molar-refractivity contribution in [1.29, 1.82) is 0 Å². The molecule has 0 saturated heterocycles. The Hall–Kier alpha value is -1.81. The smallest absolute Gasteiger partial charge is 0.258 e. The Bertz CT molecular complexity index is 429. The van der Waals surface area contributed by atoms with Crippen molar-refractivity contribution in [3.05, 3.63) is 42.0 Å². The van der Waals surface area contributed by atoms with Crippen LogP contribution in [0.4, 0.5) is 0 Å². The molecule has 0 aliphatic heterocycles. The summed E-state index contributed by atoms with van der Waals surface area (Å²) in [5, 5.41) is 2.73. The molecule has 1 aromatic rings. The van der Waals surface area contributed by atoms with Crippen LogP contribution in [0.3, 0.4) is 0 Å². The van der Waals surface area contributed by atoms with E-state index in [0.717, 1.165) is 16.9 Å². The molecule has 19 heavy (non-hydrogen) atoms. The largest absolute Gasteiger partial charge is 0.484 e. The van der Waals surface area contributed by atoms with Crippen molar-refractivity contribution in [3.63, 3.8) is 0 Å². The van der Waals surface area contributed by atoms with E-state index < -0.39 is 0 Å². The summed E-state index contributed by atoms with van der Waals surface area (Å²) in [6.07, 6.45) is 0. The molecule has 0 unspecified atom stereocenters. The summed E-state index contributed by atoms with van der Waals surface area (Å²) >= 11 is 0. The Morgan fingerprint density at radius 2 is 2.05 bits per heavy atom. The SMILES string of the molecule is C=C(C)COCCNC(=O)COc1ccccc1C. The quantitative estimate of drug-likeness (QED) is 0.577. The number of hydrogen-bond acceptors (Lipinski definition) is 3. The minimum Gasteiger partial charge on any atom is -0.484 e. The van der Waals surface area contributed by atoms with E-state index in [9.17, 15) is 4.79 Å². The zero-order valence-corrected chi connectivity index (χ0v) is 11.6. The Balaban J connectivity index is 2.15. The first-order valence-electron chi connectivity index (χ1n) is 6.27. The first-order valence-corrected chi connectivity index (χ1v) is 6.27. The number of hydrogen-bond donors (Lipinski definition) is 1. The lowest BCUT2D eigenvalue weighted by atomic mass is 10.2. The van der Waals surface area contributed by atoms with Crippen molar-refractivity contribution >= 4 is 5.91 Å². The average molecular weight is 263 g/mol. The van der Waals surface area contributed by atoms with Crippen molar-refractivity contribution in [3.8, 4) is 5.75 Å². The van der Waals surface area contributed by atoms with Crippen LogP contribution >= 0.6 is 0 Å². The first kappa shape index (κ1) is 15.2. The number of nitrogens with one attached hydrogen (secondary N) is 1. The first-order chi connectivity index (χ1) is 9.09. The molecule has 0 heterocycles. The van der Waals surface area contributed by atoms with E-state index in [1.54, 1.807) is 0 Å².